The van der Waals surface area contributed by atoms with Crippen LogP contribution in [0.25, 0.3) is 0 Å². The molecule has 0 N–H and O–H groups in total. The first-order valence-corrected chi connectivity index (χ1v) is 3.49. The van der Waals surface area contributed by atoms with Crippen LogP contribution in [0.15, 0.2) is 0 Å². The van der Waals surface area contributed by atoms with Gasteiger partial charge in [0.25, 0.3) is 0 Å². The Morgan fingerprint density at radius 2 is 2.00 bits per heavy atom. The molecule has 0 heterocycles. The molecule has 0 saturated carbocycles. The standard InChI is InChI=1S/C7H14Cl/c1-4-5-7(2,3)6-8/h4H,5-6H2,1-3H3. The smallest absolute Gasteiger partial charge is 0.0274 e. The van der Waals surface area contributed by atoms with Gasteiger partial charge in [-0.05, 0) is 18.3 Å². The monoisotopic (exact) mass is 133 g/mol. The van der Waals surface area contributed by atoms with Gasteiger partial charge in [-0.2, -0.15) is 0 Å². The van der Waals surface area contributed by atoms with Crippen LogP contribution in [0.2, 0.25) is 0 Å². The average Bonchev–Trinajstić information content (AvgIpc) is 1.67. The van der Waals surface area contributed by atoms with E-state index in [2.05, 4.69) is 27.2 Å². The lowest BCUT2D eigenvalue weighted by Crippen LogP contribution is -2.12. The van der Waals surface area contributed by atoms with E-state index in [1.807, 2.05) is 0 Å². The van der Waals surface area contributed by atoms with E-state index < -0.39 is 0 Å². The summed E-state index contributed by atoms with van der Waals surface area (Å²) in [5.74, 6) is 0.747. The second-order valence-corrected chi connectivity index (χ2v) is 3.18. The molecular weight excluding hydrogens is 120 g/mol. The van der Waals surface area contributed by atoms with Crippen molar-refractivity contribution in [1.29, 1.82) is 0 Å². The molecule has 0 aliphatic carbocycles. The van der Waals surface area contributed by atoms with E-state index in [-0.39, 0.29) is 0 Å². The second-order valence-electron chi connectivity index (χ2n) is 2.91. The van der Waals surface area contributed by atoms with E-state index in [4.69, 9.17) is 11.6 Å². The first kappa shape index (κ1) is 8.29. The highest BCUT2D eigenvalue weighted by Crippen LogP contribution is 2.22. The molecule has 0 aromatic carbocycles. The SMILES string of the molecule is C[CH]CC(C)(C)CCl. The lowest BCUT2D eigenvalue weighted by molar-refractivity contribution is 0.414. The van der Waals surface area contributed by atoms with E-state index in [1.165, 1.54) is 0 Å². The highest BCUT2D eigenvalue weighted by Gasteiger charge is 2.13. The summed E-state index contributed by atoms with van der Waals surface area (Å²) in [6, 6.07) is 0. The van der Waals surface area contributed by atoms with Gasteiger partial charge >= 0.3 is 0 Å². The number of rotatable bonds is 3. The molecule has 0 rings (SSSR count). The molecule has 1 heteroatoms. The van der Waals surface area contributed by atoms with Crippen molar-refractivity contribution in [2.24, 2.45) is 5.41 Å². The molecule has 0 fully saturated rings. The maximum Gasteiger partial charge on any atom is 0.0274 e. The van der Waals surface area contributed by atoms with Gasteiger partial charge in [-0.3, -0.25) is 0 Å². The van der Waals surface area contributed by atoms with Crippen LogP contribution in [-0.2, 0) is 0 Å². The van der Waals surface area contributed by atoms with Crippen molar-refractivity contribution in [2.75, 3.05) is 5.88 Å². The average molecular weight is 134 g/mol. The van der Waals surface area contributed by atoms with E-state index in [9.17, 15) is 0 Å². The number of alkyl halides is 1. The third-order valence-corrected chi connectivity index (χ3v) is 1.84. The van der Waals surface area contributed by atoms with Crippen molar-refractivity contribution in [3.63, 3.8) is 0 Å². The summed E-state index contributed by atoms with van der Waals surface area (Å²) in [7, 11) is 0. The molecule has 0 spiro atoms. The molecule has 0 aliphatic rings. The highest BCUT2D eigenvalue weighted by molar-refractivity contribution is 6.18. The third-order valence-electron chi connectivity index (χ3n) is 1.12. The zero-order valence-corrected chi connectivity index (χ0v) is 6.63. The Morgan fingerprint density at radius 1 is 1.50 bits per heavy atom. The maximum atomic E-state index is 5.65. The Morgan fingerprint density at radius 3 is 2.12 bits per heavy atom. The largest absolute Gasteiger partial charge is 0.126 e. The molecule has 0 bridgehead atoms. The minimum absolute atomic E-state index is 0.302. The summed E-state index contributed by atoms with van der Waals surface area (Å²) in [6.07, 6.45) is 3.26. The molecule has 8 heavy (non-hydrogen) atoms. The Balaban J connectivity index is 3.37. The normalized spacial score (nSPS) is 12.0. The van der Waals surface area contributed by atoms with Crippen LogP contribution >= 0.6 is 11.6 Å². The summed E-state index contributed by atoms with van der Waals surface area (Å²) >= 11 is 5.65. The molecule has 0 unspecified atom stereocenters. The fraction of sp³-hybridized carbons (Fsp3) is 0.857. The maximum absolute atomic E-state index is 5.65. The van der Waals surface area contributed by atoms with Crippen molar-refractivity contribution in [3.8, 4) is 0 Å². The lowest BCUT2D eigenvalue weighted by atomic mass is 9.91. The first-order chi connectivity index (χ1) is 3.62. The van der Waals surface area contributed by atoms with Crippen molar-refractivity contribution >= 4 is 11.6 Å². The molecule has 49 valence electrons. The molecule has 0 aromatic heterocycles. The van der Waals surface area contributed by atoms with Gasteiger partial charge in [-0.25, -0.2) is 0 Å². The molecule has 0 saturated heterocycles. The molecule has 0 amide bonds. The predicted molar refractivity (Wildman–Crippen MR) is 39.1 cm³/mol. The quantitative estimate of drug-likeness (QED) is 0.520. The number of halogens is 1. The molecule has 0 atom stereocenters. The van der Waals surface area contributed by atoms with Crippen LogP contribution < -0.4 is 0 Å². The van der Waals surface area contributed by atoms with Crippen LogP contribution in [0.1, 0.15) is 27.2 Å². The molecule has 1 radical (unpaired) electrons. The highest BCUT2D eigenvalue weighted by atomic mass is 35.5. The Kier molecular flexibility index (Phi) is 3.46. The van der Waals surface area contributed by atoms with E-state index >= 15 is 0 Å². The minimum Gasteiger partial charge on any atom is -0.126 e. The summed E-state index contributed by atoms with van der Waals surface area (Å²) in [5.41, 5.74) is 0.302. The topological polar surface area (TPSA) is 0 Å². The number of hydrogen-bond acceptors (Lipinski definition) is 0. The molecule has 0 aliphatic heterocycles. The fourth-order valence-corrected chi connectivity index (χ4v) is 0.716. The van der Waals surface area contributed by atoms with Crippen LogP contribution in [0.5, 0.6) is 0 Å². The van der Waals surface area contributed by atoms with E-state index in [0.717, 1.165) is 12.3 Å². The van der Waals surface area contributed by atoms with Crippen molar-refractivity contribution in [3.05, 3.63) is 6.42 Å². The zero-order valence-electron chi connectivity index (χ0n) is 5.87. The predicted octanol–water partition coefficient (Wildman–Crippen LogP) is 2.87. The van der Waals surface area contributed by atoms with Gasteiger partial charge in [-0.15, -0.1) is 11.6 Å². The van der Waals surface area contributed by atoms with Crippen LogP contribution in [0.4, 0.5) is 0 Å². The summed E-state index contributed by atoms with van der Waals surface area (Å²) in [6.45, 7) is 6.40. The van der Waals surface area contributed by atoms with E-state index in [0.29, 0.717) is 5.41 Å². The van der Waals surface area contributed by atoms with Crippen LogP contribution in [0.3, 0.4) is 0 Å². The van der Waals surface area contributed by atoms with Gasteiger partial charge in [0.05, 0.1) is 0 Å². The fourth-order valence-electron chi connectivity index (χ4n) is 0.607. The number of hydrogen-bond donors (Lipinski definition) is 0. The minimum atomic E-state index is 0.302. The summed E-state index contributed by atoms with van der Waals surface area (Å²) < 4.78 is 0. The summed E-state index contributed by atoms with van der Waals surface area (Å²) in [4.78, 5) is 0. The van der Waals surface area contributed by atoms with Crippen molar-refractivity contribution in [2.45, 2.75) is 27.2 Å². The Hall–Kier alpha value is 0.290. The van der Waals surface area contributed by atoms with Crippen LogP contribution in [0, 0.1) is 11.8 Å². The summed E-state index contributed by atoms with van der Waals surface area (Å²) in [5, 5.41) is 0. The Labute approximate surface area is 57.2 Å². The molecule has 0 aromatic rings. The van der Waals surface area contributed by atoms with Gasteiger partial charge in [0.2, 0.25) is 0 Å². The van der Waals surface area contributed by atoms with E-state index in [1.54, 1.807) is 0 Å². The van der Waals surface area contributed by atoms with Gasteiger partial charge in [-0.1, -0.05) is 20.8 Å². The zero-order chi connectivity index (χ0) is 6.62. The van der Waals surface area contributed by atoms with Gasteiger partial charge in [0, 0.05) is 5.88 Å². The Bertz CT molecular complexity index is 57.4. The molecular formula is C7H14Cl. The first-order valence-electron chi connectivity index (χ1n) is 2.96. The second kappa shape index (κ2) is 3.34. The third kappa shape index (κ3) is 3.31. The molecule has 0 nitrogen and oxygen atoms in total. The lowest BCUT2D eigenvalue weighted by Gasteiger charge is -2.19. The van der Waals surface area contributed by atoms with Crippen molar-refractivity contribution < 1.29 is 0 Å². The van der Waals surface area contributed by atoms with Gasteiger partial charge < -0.3 is 0 Å². The van der Waals surface area contributed by atoms with Gasteiger partial charge in [0.1, 0.15) is 0 Å². The van der Waals surface area contributed by atoms with Crippen LogP contribution in [-0.4, -0.2) is 5.88 Å². The van der Waals surface area contributed by atoms with Crippen molar-refractivity contribution in [1.82, 2.24) is 0 Å². The van der Waals surface area contributed by atoms with Gasteiger partial charge in [0.15, 0.2) is 0 Å².